The molecule has 1 N–H and O–H groups in total. The van der Waals surface area contributed by atoms with Gasteiger partial charge in [-0.15, -0.1) is 6.42 Å². The molecular weight excluding hydrogens is 308 g/mol. The van der Waals surface area contributed by atoms with E-state index < -0.39 is 0 Å². The van der Waals surface area contributed by atoms with E-state index in [0.29, 0.717) is 16.2 Å². The highest BCUT2D eigenvalue weighted by molar-refractivity contribution is 9.10. The molecule has 0 spiro atoms. The molecule has 0 aliphatic carbocycles. The van der Waals surface area contributed by atoms with Crippen LogP contribution in [0.5, 0.6) is 0 Å². The predicted octanol–water partition coefficient (Wildman–Crippen LogP) is 1.39. The average molecular weight is 327 g/mol. The van der Waals surface area contributed by atoms with Gasteiger partial charge in [0.25, 0.3) is 5.56 Å². The number of terminal acetylenes is 1. The fourth-order valence-electron chi connectivity index (χ4n) is 1.41. The maximum absolute atomic E-state index is 11.9. The van der Waals surface area contributed by atoms with Crippen LogP contribution in [-0.2, 0) is 6.54 Å². The van der Waals surface area contributed by atoms with E-state index in [4.69, 9.17) is 6.42 Å². The zero-order valence-electron chi connectivity index (χ0n) is 11.5. The lowest BCUT2D eigenvalue weighted by Gasteiger charge is -2.21. The normalized spacial score (nSPS) is 10.8. The summed E-state index contributed by atoms with van der Waals surface area (Å²) in [5.41, 5.74) is 0.468. The smallest absolute Gasteiger partial charge is 0.284 e. The molecular formula is C13H19BrN4O. The first-order chi connectivity index (χ1) is 8.97. The molecule has 0 saturated heterocycles. The third-order valence-electron chi connectivity index (χ3n) is 2.89. The molecule has 104 valence electrons. The summed E-state index contributed by atoms with van der Waals surface area (Å²) in [4.78, 5) is 14.1. The van der Waals surface area contributed by atoms with Crippen LogP contribution < -0.4 is 10.9 Å². The van der Waals surface area contributed by atoms with Crippen LogP contribution >= 0.6 is 15.9 Å². The molecule has 0 unspecified atom stereocenters. The molecule has 5 nitrogen and oxygen atoms in total. The van der Waals surface area contributed by atoms with Crippen LogP contribution in [0, 0.1) is 12.3 Å². The summed E-state index contributed by atoms with van der Waals surface area (Å²) < 4.78 is 1.71. The SMILES string of the molecule is C#CCn1ncc(NCCN(C)C(C)C)c(Br)c1=O. The average Bonchev–Trinajstić information content (AvgIpc) is 2.37. The Labute approximate surface area is 122 Å². The van der Waals surface area contributed by atoms with Gasteiger partial charge in [0.2, 0.25) is 0 Å². The molecule has 0 saturated carbocycles. The summed E-state index contributed by atoms with van der Waals surface area (Å²) in [6.07, 6.45) is 6.78. The van der Waals surface area contributed by atoms with Crippen molar-refractivity contribution in [3.8, 4) is 12.3 Å². The lowest BCUT2D eigenvalue weighted by Crippen LogP contribution is -2.31. The van der Waals surface area contributed by atoms with Crippen molar-refractivity contribution in [2.24, 2.45) is 0 Å². The molecule has 1 rings (SSSR count). The first kappa shape index (κ1) is 15.7. The second kappa shape index (κ2) is 7.31. The van der Waals surface area contributed by atoms with Gasteiger partial charge in [-0.1, -0.05) is 5.92 Å². The number of anilines is 1. The monoisotopic (exact) mass is 326 g/mol. The van der Waals surface area contributed by atoms with Crippen molar-refractivity contribution in [3.05, 3.63) is 21.0 Å². The van der Waals surface area contributed by atoms with Gasteiger partial charge < -0.3 is 10.2 Å². The van der Waals surface area contributed by atoms with Gasteiger partial charge in [0.15, 0.2) is 0 Å². The Morgan fingerprint density at radius 2 is 2.32 bits per heavy atom. The molecule has 0 fully saturated rings. The Morgan fingerprint density at radius 1 is 1.63 bits per heavy atom. The predicted molar refractivity (Wildman–Crippen MR) is 81.3 cm³/mol. The molecule has 0 radical (unpaired) electrons. The van der Waals surface area contributed by atoms with Gasteiger partial charge in [0.05, 0.1) is 11.9 Å². The maximum Gasteiger partial charge on any atom is 0.284 e. The van der Waals surface area contributed by atoms with E-state index in [2.05, 4.69) is 58.1 Å². The fourth-order valence-corrected chi connectivity index (χ4v) is 1.86. The van der Waals surface area contributed by atoms with E-state index in [-0.39, 0.29) is 12.1 Å². The van der Waals surface area contributed by atoms with Gasteiger partial charge in [-0.25, -0.2) is 4.68 Å². The highest BCUT2D eigenvalue weighted by atomic mass is 79.9. The summed E-state index contributed by atoms with van der Waals surface area (Å²) in [6, 6.07) is 0.493. The zero-order chi connectivity index (χ0) is 14.4. The van der Waals surface area contributed by atoms with Crippen molar-refractivity contribution in [2.45, 2.75) is 26.4 Å². The Hall–Kier alpha value is -1.32. The van der Waals surface area contributed by atoms with Crippen LogP contribution in [0.4, 0.5) is 5.69 Å². The highest BCUT2D eigenvalue weighted by Crippen LogP contribution is 2.15. The Balaban J connectivity index is 2.68. The Morgan fingerprint density at radius 3 is 2.89 bits per heavy atom. The number of hydrogen-bond acceptors (Lipinski definition) is 4. The van der Waals surface area contributed by atoms with Gasteiger partial charge in [0, 0.05) is 19.1 Å². The quantitative estimate of drug-likeness (QED) is 0.803. The third-order valence-corrected chi connectivity index (χ3v) is 3.65. The van der Waals surface area contributed by atoms with Crippen molar-refractivity contribution in [3.63, 3.8) is 0 Å². The number of aromatic nitrogens is 2. The van der Waals surface area contributed by atoms with Gasteiger partial charge in [-0.3, -0.25) is 4.79 Å². The molecule has 19 heavy (non-hydrogen) atoms. The summed E-state index contributed by atoms with van der Waals surface area (Å²) in [6.45, 7) is 6.08. The van der Waals surface area contributed by atoms with Gasteiger partial charge in [0.1, 0.15) is 11.0 Å². The third kappa shape index (κ3) is 4.37. The Bertz CT molecular complexity index is 518. The topological polar surface area (TPSA) is 50.2 Å². The van der Waals surface area contributed by atoms with Crippen LogP contribution in [0.15, 0.2) is 15.5 Å². The second-order valence-electron chi connectivity index (χ2n) is 4.54. The number of likely N-dealkylation sites (N-methyl/N-ethyl adjacent to an activating group) is 1. The Kier molecular flexibility index (Phi) is 6.06. The van der Waals surface area contributed by atoms with Gasteiger partial charge >= 0.3 is 0 Å². The zero-order valence-corrected chi connectivity index (χ0v) is 13.1. The van der Waals surface area contributed by atoms with Crippen molar-refractivity contribution < 1.29 is 0 Å². The molecule has 0 bridgehead atoms. The fraction of sp³-hybridized carbons (Fsp3) is 0.538. The lowest BCUT2D eigenvalue weighted by molar-refractivity contribution is 0.284. The molecule has 1 aromatic heterocycles. The minimum absolute atomic E-state index is 0.174. The summed E-state index contributed by atoms with van der Waals surface area (Å²) in [7, 11) is 2.06. The number of nitrogens with zero attached hydrogens (tertiary/aromatic N) is 3. The van der Waals surface area contributed by atoms with Crippen LogP contribution in [0.1, 0.15) is 13.8 Å². The van der Waals surface area contributed by atoms with Gasteiger partial charge in [-0.05, 0) is 36.8 Å². The molecule has 0 aliphatic rings. The standard InChI is InChI=1S/C13H19BrN4O/c1-5-7-18-13(19)12(14)11(9-16-18)15-6-8-17(4)10(2)3/h1,9-10,15H,6-8H2,2-4H3. The van der Waals surface area contributed by atoms with E-state index >= 15 is 0 Å². The van der Waals surface area contributed by atoms with Crippen LogP contribution in [-0.4, -0.2) is 40.9 Å². The number of halogens is 1. The van der Waals surface area contributed by atoms with E-state index in [0.717, 1.165) is 13.1 Å². The minimum Gasteiger partial charge on any atom is -0.381 e. The van der Waals surface area contributed by atoms with Crippen molar-refractivity contribution in [2.75, 3.05) is 25.5 Å². The van der Waals surface area contributed by atoms with Crippen LogP contribution in [0.25, 0.3) is 0 Å². The maximum atomic E-state index is 11.9. The van der Waals surface area contributed by atoms with Crippen LogP contribution in [0.2, 0.25) is 0 Å². The van der Waals surface area contributed by atoms with Gasteiger partial charge in [-0.2, -0.15) is 5.10 Å². The number of nitrogens with one attached hydrogen (secondary N) is 1. The first-order valence-corrected chi connectivity index (χ1v) is 6.89. The first-order valence-electron chi connectivity index (χ1n) is 6.10. The molecule has 6 heteroatoms. The van der Waals surface area contributed by atoms with E-state index in [9.17, 15) is 4.79 Å². The molecule has 0 atom stereocenters. The minimum atomic E-state index is -0.222. The summed E-state index contributed by atoms with van der Waals surface area (Å²) in [5.74, 6) is 2.39. The largest absolute Gasteiger partial charge is 0.381 e. The molecule has 1 aromatic rings. The number of hydrogen-bond donors (Lipinski definition) is 1. The second-order valence-corrected chi connectivity index (χ2v) is 5.33. The van der Waals surface area contributed by atoms with Crippen LogP contribution in [0.3, 0.4) is 0 Å². The van der Waals surface area contributed by atoms with Crippen molar-refractivity contribution >= 4 is 21.6 Å². The highest BCUT2D eigenvalue weighted by Gasteiger charge is 2.08. The number of rotatable bonds is 6. The molecule has 1 heterocycles. The van der Waals surface area contributed by atoms with E-state index in [1.807, 2.05) is 0 Å². The van der Waals surface area contributed by atoms with E-state index in [1.165, 1.54) is 4.68 Å². The van der Waals surface area contributed by atoms with Crippen molar-refractivity contribution in [1.29, 1.82) is 0 Å². The van der Waals surface area contributed by atoms with Crippen molar-refractivity contribution in [1.82, 2.24) is 14.7 Å². The molecule has 0 aromatic carbocycles. The lowest BCUT2D eigenvalue weighted by atomic mass is 10.3. The summed E-state index contributed by atoms with van der Waals surface area (Å²) in [5, 5.41) is 7.21. The van der Waals surface area contributed by atoms with E-state index in [1.54, 1.807) is 6.20 Å². The molecule has 0 aliphatic heterocycles. The molecule has 0 amide bonds. The summed E-state index contributed by atoms with van der Waals surface area (Å²) >= 11 is 3.28.